The van der Waals surface area contributed by atoms with Gasteiger partial charge in [0.2, 0.25) is 0 Å². The largest absolute Gasteiger partial charge is 0.462 e. The fourth-order valence-electron chi connectivity index (χ4n) is 9.06. The molecule has 6 heteroatoms. The van der Waals surface area contributed by atoms with Gasteiger partial charge in [0, 0.05) is 19.3 Å². The van der Waals surface area contributed by atoms with E-state index in [1.165, 1.54) is 186 Å². The first-order valence-corrected chi connectivity index (χ1v) is 31.9. The highest BCUT2D eigenvalue weighted by Gasteiger charge is 2.19. The monoisotopic (exact) mass is 1030 g/mol. The number of hydrogen-bond donors (Lipinski definition) is 0. The van der Waals surface area contributed by atoms with Crippen LogP contribution in [0.2, 0.25) is 0 Å². The van der Waals surface area contributed by atoms with Crippen molar-refractivity contribution in [1.29, 1.82) is 0 Å². The van der Waals surface area contributed by atoms with Crippen molar-refractivity contribution in [3.63, 3.8) is 0 Å². The second kappa shape index (κ2) is 62.4. The highest BCUT2D eigenvalue weighted by Crippen LogP contribution is 2.16. The van der Waals surface area contributed by atoms with Crippen molar-refractivity contribution >= 4 is 17.9 Å². The SMILES string of the molecule is CCCCC/C=C\C/C=C\C/C=C\CCCCCCCCC(=O)OC(COC(=O)CCCCCCC/C=C\CCCCC)COC(=O)CCCCCCCCCCCCCCC/C=C\C/C=C\CCCCCCC. The van der Waals surface area contributed by atoms with Crippen molar-refractivity contribution in [3.8, 4) is 0 Å². The molecule has 0 amide bonds. The second-order valence-electron chi connectivity index (χ2n) is 21.3. The van der Waals surface area contributed by atoms with E-state index in [2.05, 4.69) is 93.7 Å². The van der Waals surface area contributed by atoms with Crippen LogP contribution >= 0.6 is 0 Å². The van der Waals surface area contributed by atoms with E-state index in [0.29, 0.717) is 19.3 Å². The zero-order valence-electron chi connectivity index (χ0n) is 49.1. The quantitative estimate of drug-likeness (QED) is 0.0261. The number of carbonyl (C=O) groups is 3. The van der Waals surface area contributed by atoms with Gasteiger partial charge in [-0.25, -0.2) is 0 Å². The number of unbranched alkanes of at least 4 members (excludes halogenated alkanes) is 35. The molecule has 0 aromatic carbocycles. The molecule has 0 fully saturated rings. The summed E-state index contributed by atoms with van der Waals surface area (Å²) in [5.41, 5.74) is 0. The molecule has 0 bridgehead atoms. The maximum absolute atomic E-state index is 12.9. The molecular weight excluding hydrogens is 913 g/mol. The van der Waals surface area contributed by atoms with E-state index in [1.54, 1.807) is 0 Å². The molecule has 0 spiro atoms. The molecule has 0 N–H and O–H groups in total. The third-order valence-corrected chi connectivity index (χ3v) is 13.9. The second-order valence-corrected chi connectivity index (χ2v) is 21.3. The van der Waals surface area contributed by atoms with E-state index in [9.17, 15) is 14.4 Å². The molecule has 0 aromatic heterocycles. The van der Waals surface area contributed by atoms with Crippen molar-refractivity contribution in [3.05, 3.63) is 72.9 Å². The highest BCUT2D eigenvalue weighted by atomic mass is 16.6. The number of hydrogen-bond acceptors (Lipinski definition) is 6. The molecule has 6 nitrogen and oxygen atoms in total. The van der Waals surface area contributed by atoms with Crippen LogP contribution in [0.15, 0.2) is 72.9 Å². The summed E-state index contributed by atoms with van der Waals surface area (Å²) in [4.78, 5) is 38.3. The van der Waals surface area contributed by atoms with Crippen LogP contribution in [0, 0.1) is 0 Å². The fourth-order valence-corrected chi connectivity index (χ4v) is 9.06. The van der Waals surface area contributed by atoms with Crippen LogP contribution in [0.1, 0.15) is 323 Å². The van der Waals surface area contributed by atoms with Crippen LogP contribution in [0.25, 0.3) is 0 Å². The van der Waals surface area contributed by atoms with E-state index < -0.39 is 6.10 Å². The lowest BCUT2D eigenvalue weighted by molar-refractivity contribution is -0.167. The van der Waals surface area contributed by atoms with E-state index in [0.717, 1.165) is 96.3 Å². The molecule has 0 aromatic rings. The summed E-state index contributed by atoms with van der Waals surface area (Å²) >= 11 is 0. The van der Waals surface area contributed by atoms with Crippen LogP contribution < -0.4 is 0 Å². The predicted octanol–water partition coefficient (Wildman–Crippen LogP) is 21.7. The Labute approximate surface area is 459 Å². The Morgan fingerprint density at radius 2 is 0.486 bits per heavy atom. The summed E-state index contributed by atoms with van der Waals surface area (Å²) in [7, 11) is 0. The van der Waals surface area contributed by atoms with Gasteiger partial charge in [0.25, 0.3) is 0 Å². The Kier molecular flexibility index (Phi) is 59.7. The lowest BCUT2D eigenvalue weighted by atomic mass is 10.0. The molecule has 0 aliphatic heterocycles. The molecule has 0 saturated carbocycles. The van der Waals surface area contributed by atoms with Gasteiger partial charge in [-0.05, 0) is 116 Å². The van der Waals surface area contributed by atoms with Gasteiger partial charge in [-0.3, -0.25) is 14.4 Å². The standard InChI is InChI=1S/C68H120O6/c1-4-7-10-13-16-19-22-25-27-29-31-32-33-34-35-36-38-39-41-43-46-49-52-55-58-61-67(70)73-64-65(63-72-66(69)60-57-54-51-48-45-24-21-18-15-12-9-6-3)74-68(71)62-59-56-53-50-47-44-42-40-37-30-28-26-23-20-17-14-11-8-5-2/h17-18,20-22,25-26,28-29,31,37,40,65H,4-16,19,23-24,27,30,32-36,38-39,41-64H2,1-3H3/b20-17-,21-18-,25-22-,28-26-,31-29-,40-37-. The summed E-state index contributed by atoms with van der Waals surface area (Å²) in [6, 6.07) is 0. The molecule has 74 heavy (non-hydrogen) atoms. The Morgan fingerprint density at radius 3 is 0.797 bits per heavy atom. The Balaban J connectivity index is 4.30. The Bertz CT molecular complexity index is 1370. The van der Waals surface area contributed by atoms with Gasteiger partial charge in [-0.2, -0.15) is 0 Å². The summed E-state index contributed by atoms with van der Waals surface area (Å²) in [5, 5.41) is 0. The maximum atomic E-state index is 12.9. The van der Waals surface area contributed by atoms with Gasteiger partial charge in [0.1, 0.15) is 13.2 Å². The molecule has 0 rings (SSSR count). The van der Waals surface area contributed by atoms with E-state index >= 15 is 0 Å². The number of esters is 3. The first-order valence-electron chi connectivity index (χ1n) is 31.9. The van der Waals surface area contributed by atoms with Gasteiger partial charge in [-0.15, -0.1) is 0 Å². The summed E-state index contributed by atoms with van der Waals surface area (Å²) in [6.07, 6.45) is 80.5. The van der Waals surface area contributed by atoms with Gasteiger partial charge < -0.3 is 14.2 Å². The van der Waals surface area contributed by atoms with Crippen LogP contribution in [0.5, 0.6) is 0 Å². The Morgan fingerprint density at radius 1 is 0.270 bits per heavy atom. The van der Waals surface area contributed by atoms with Gasteiger partial charge in [-0.1, -0.05) is 261 Å². The van der Waals surface area contributed by atoms with Crippen molar-refractivity contribution in [2.75, 3.05) is 13.2 Å². The lowest BCUT2D eigenvalue weighted by Gasteiger charge is -2.18. The highest BCUT2D eigenvalue weighted by molar-refractivity contribution is 5.71. The number of carbonyl (C=O) groups excluding carboxylic acids is 3. The fraction of sp³-hybridized carbons (Fsp3) is 0.779. The number of allylic oxidation sites excluding steroid dienone is 12. The molecule has 1 atom stereocenters. The van der Waals surface area contributed by atoms with Gasteiger partial charge in [0.15, 0.2) is 6.10 Å². The molecule has 0 aliphatic carbocycles. The molecule has 0 heterocycles. The molecule has 0 radical (unpaired) electrons. The lowest BCUT2D eigenvalue weighted by Crippen LogP contribution is -2.30. The third-order valence-electron chi connectivity index (χ3n) is 13.9. The number of ether oxygens (including phenoxy) is 3. The summed E-state index contributed by atoms with van der Waals surface area (Å²) in [5.74, 6) is -0.893. The van der Waals surface area contributed by atoms with E-state index in [-0.39, 0.29) is 31.1 Å². The van der Waals surface area contributed by atoms with Crippen LogP contribution in [0.3, 0.4) is 0 Å². The average molecular weight is 1030 g/mol. The summed E-state index contributed by atoms with van der Waals surface area (Å²) in [6.45, 7) is 6.59. The molecule has 0 aliphatic rings. The van der Waals surface area contributed by atoms with E-state index in [1.807, 2.05) is 0 Å². The minimum Gasteiger partial charge on any atom is -0.462 e. The first-order chi connectivity index (χ1) is 36.5. The normalized spacial score (nSPS) is 12.5. The Hall–Kier alpha value is -3.15. The number of rotatable bonds is 58. The van der Waals surface area contributed by atoms with Crippen molar-refractivity contribution in [2.45, 2.75) is 329 Å². The third kappa shape index (κ3) is 59.7. The van der Waals surface area contributed by atoms with Gasteiger partial charge in [0.05, 0.1) is 0 Å². The van der Waals surface area contributed by atoms with E-state index in [4.69, 9.17) is 14.2 Å². The molecule has 0 saturated heterocycles. The predicted molar refractivity (Wildman–Crippen MR) is 321 cm³/mol. The smallest absolute Gasteiger partial charge is 0.306 e. The van der Waals surface area contributed by atoms with Crippen LogP contribution in [0.4, 0.5) is 0 Å². The average Bonchev–Trinajstić information content (AvgIpc) is 3.40. The first kappa shape index (κ1) is 70.8. The van der Waals surface area contributed by atoms with Crippen molar-refractivity contribution < 1.29 is 28.6 Å². The molecule has 1 unspecified atom stereocenters. The van der Waals surface area contributed by atoms with Crippen LogP contribution in [-0.4, -0.2) is 37.2 Å². The van der Waals surface area contributed by atoms with Crippen molar-refractivity contribution in [2.24, 2.45) is 0 Å². The minimum atomic E-state index is -0.786. The minimum absolute atomic E-state index is 0.0824. The molecule has 428 valence electrons. The topological polar surface area (TPSA) is 78.9 Å². The summed E-state index contributed by atoms with van der Waals surface area (Å²) < 4.78 is 16.9. The van der Waals surface area contributed by atoms with Crippen molar-refractivity contribution in [1.82, 2.24) is 0 Å². The molecular formula is C68H120O6. The zero-order valence-corrected chi connectivity index (χ0v) is 49.1. The van der Waals surface area contributed by atoms with Crippen LogP contribution in [-0.2, 0) is 28.6 Å². The maximum Gasteiger partial charge on any atom is 0.306 e. The zero-order chi connectivity index (χ0) is 53.6. The van der Waals surface area contributed by atoms with Gasteiger partial charge >= 0.3 is 17.9 Å².